The van der Waals surface area contributed by atoms with Gasteiger partial charge in [-0.2, -0.15) is 0 Å². The molecule has 0 fully saturated rings. The van der Waals surface area contributed by atoms with E-state index in [1.165, 1.54) is 0 Å². The normalized spacial score (nSPS) is 0. The molecule has 0 spiro atoms. The summed E-state index contributed by atoms with van der Waals surface area (Å²) in [6.07, 6.45) is 0. The van der Waals surface area contributed by atoms with E-state index in [0.717, 1.165) is 0 Å². The van der Waals surface area contributed by atoms with E-state index in [4.69, 9.17) is 0 Å². The molecule has 0 saturated carbocycles. The molecule has 0 aromatic rings. The fourth-order valence-electron chi connectivity index (χ4n) is 0. The van der Waals surface area contributed by atoms with Crippen molar-refractivity contribution < 1.29 is 0 Å². The van der Waals surface area contributed by atoms with Crippen LogP contribution in [0.1, 0.15) is 0 Å². The molecular formula is H5AlGaMgN. The maximum atomic E-state index is 0. The third-order valence-electron chi connectivity index (χ3n) is 0. The molecule has 18 valence electrons. The van der Waals surface area contributed by atoms with Crippen LogP contribution in [-0.2, 0) is 0 Å². The summed E-state index contributed by atoms with van der Waals surface area (Å²) >= 11 is 0. The number of nitrogens with zero attached hydrogens (tertiary/aromatic N) is 1. The Morgan fingerprint density at radius 1 is 1.00 bits per heavy atom. The van der Waals surface area contributed by atoms with Crippen LogP contribution in [0.3, 0.4) is 0 Å². The van der Waals surface area contributed by atoms with E-state index in [0.29, 0.717) is 0 Å². The fraction of sp³-hybridized carbons (Fsp3) is 0. The van der Waals surface area contributed by atoms with Gasteiger partial charge in [-0.05, 0) is 0 Å². The predicted molar refractivity (Wildman–Crippen MR) is 27.6 cm³/mol. The van der Waals surface area contributed by atoms with Gasteiger partial charge in [-0.1, -0.05) is 0 Å². The van der Waals surface area contributed by atoms with Gasteiger partial charge in [0, 0.05) is 0 Å². The maximum absolute atomic E-state index is 0. The molecule has 0 aliphatic heterocycles. The second kappa shape index (κ2) is 20.7. The molecule has 0 aliphatic rings. The molecular weight excluding hydrogens is 135 g/mol. The summed E-state index contributed by atoms with van der Waals surface area (Å²) in [5.74, 6) is 0. The average Bonchev–Trinajstić information content (AvgIpc) is 0. The molecule has 0 N–H and O–H groups in total. The van der Waals surface area contributed by atoms with Crippen molar-refractivity contribution in [2.75, 3.05) is 0 Å². The molecule has 4 heavy (non-hydrogen) atoms. The third kappa shape index (κ3) is 9.09. The minimum atomic E-state index is 0. The van der Waals surface area contributed by atoms with Crippen molar-refractivity contribution in [3.8, 4) is 0 Å². The first-order valence-electron chi connectivity index (χ1n) is 0. The predicted octanol–water partition coefficient (Wildman–Crippen LogP) is -2.19. The van der Waals surface area contributed by atoms with Gasteiger partial charge in [-0.3, -0.25) is 0 Å². The molecule has 0 atom stereocenters. The van der Waals surface area contributed by atoms with Crippen molar-refractivity contribution in [2.45, 2.75) is 0 Å². The largest absolute Gasteiger partial charge is 3.00 e. The monoisotopic (exact) mass is 139 g/mol. The Morgan fingerprint density at radius 3 is 1.00 bits per heavy atom. The summed E-state index contributed by atoms with van der Waals surface area (Å²) in [5, 5.41) is 0. The Morgan fingerprint density at radius 2 is 1.00 bits per heavy atom. The zero-order valence-electron chi connectivity index (χ0n) is 1.02. The Kier molecular flexibility index (Phi) is 203. The van der Waals surface area contributed by atoms with E-state index in [1.54, 1.807) is 0 Å². The molecule has 0 unspecified atom stereocenters. The van der Waals surface area contributed by atoms with E-state index in [2.05, 4.69) is 0 Å². The molecule has 1 nitrogen and oxygen atoms in total. The van der Waals surface area contributed by atoms with Crippen molar-refractivity contribution in [2.24, 2.45) is 0 Å². The van der Waals surface area contributed by atoms with Crippen LogP contribution in [0.2, 0.25) is 0 Å². The van der Waals surface area contributed by atoms with Crippen molar-refractivity contribution >= 4 is 60.2 Å². The Hall–Kier alpha value is 1.90. The molecule has 0 radical (unpaired) electrons. The summed E-state index contributed by atoms with van der Waals surface area (Å²) < 4.78 is 0. The first kappa shape index (κ1) is 39.3. The zero-order chi connectivity index (χ0) is 0. The van der Waals surface area contributed by atoms with Gasteiger partial charge >= 0.3 is 42.8 Å². The van der Waals surface area contributed by atoms with E-state index in [-0.39, 0.29) is 66.4 Å². The molecule has 0 amide bonds. The first-order valence-corrected chi connectivity index (χ1v) is 0. The minimum Gasteiger partial charge on any atom is -3.00 e. The van der Waals surface area contributed by atoms with Crippen LogP contribution in [-0.4, -0.2) is 60.2 Å². The minimum absolute atomic E-state index is 0. The van der Waals surface area contributed by atoms with Crippen LogP contribution in [0.15, 0.2) is 0 Å². The smallest absolute Gasteiger partial charge is 3.00 e. The van der Waals surface area contributed by atoms with E-state index in [9.17, 15) is 0 Å². The van der Waals surface area contributed by atoms with Gasteiger partial charge in [0.2, 0.25) is 0 Å². The van der Waals surface area contributed by atoms with Gasteiger partial charge in [0.1, 0.15) is 0 Å². The van der Waals surface area contributed by atoms with Gasteiger partial charge in [-0.25, -0.2) is 0 Å². The van der Waals surface area contributed by atoms with Crippen LogP contribution >= 0.6 is 0 Å². The van der Waals surface area contributed by atoms with Gasteiger partial charge in [0.15, 0.2) is 17.4 Å². The van der Waals surface area contributed by atoms with Crippen molar-refractivity contribution in [3.05, 3.63) is 6.15 Å². The Bertz CT molecular complexity index is 8.00. The second-order valence-corrected chi connectivity index (χ2v) is 0. The van der Waals surface area contributed by atoms with Gasteiger partial charge in [-0.15, -0.1) is 0 Å². The summed E-state index contributed by atoms with van der Waals surface area (Å²) in [7, 11) is 0. The molecule has 0 saturated heterocycles. The molecule has 0 aromatic carbocycles. The summed E-state index contributed by atoms with van der Waals surface area (Å²) in [5.41, 5.74) is 0. The van der Waals surface area contributed by atoms with Gasteiger partial charge in [0.05, 0.1) is 0 Å². The van der Waals surface area contributed by atoms with Crippen LogP contribution in [0.25, 0.3) is 6.15 Å². The molecule has 0 rings (SSSR count). The Balaban J connectivity index is 0. The maximum Gasteiger partial charge on any atom is 3.00 e. The fourth-order valence-corrected chi connectivity index (χ4v) is 0. The number of rotatable bonds is 0. The van der Waals surface area contributed by atoms with Crippen molar-refractivity contribution in [1.82, 2.24) is 0 Å². The van der Waals surface area contributed by atoms with Gasteiger partial charge in [0.25, 0.3) is 0 Å². The van der Waals surface area contributed by atoms with Gasteiger partial charge < -0.3 is 6.15 Å². The zero-order valence-corrected chi connectivity index (χ0v) is 3.45. The number of hydrogen-bond acceptors (Lipinski definition) is 0. The molecule has 0 aliphatic carbocycles. The topological polar surface area (TPSA) is 30.5 Å². The van der Waals surface area contributed by atoms with Crippen LogP contribution in [0, 0.1) is 0 Å². The number of hydrogen-bond donors (Lipinski definition) is 0. The second-order valence-electron chi connectivity index (χ2n) is 0. The third-order valence-corrected chi connectivity index (χ3v) is 0. The average molecular weight is 140 g/mol. The quantitative estimate of drug-likeness (QED) is 0.342. The van der Waals surface area contributed by atoms with Crippen LogP contribution < -0.4 is 0 Å². The molecule has 0 bridgehead atoms. The summed E-state index contributed by atoms with van der Waals surface area (Å²) in [4.78, 5) is 0. The van der Waals surface area contributed by atoms with Crippen molar-refractivity contribution in [3.63, 3.8) is 0 Å². The van der Waals surface area contributed by atoms with E-state index >= 15 is 0 Å². The van der Waals surface area contributed by atoms with Crippen molar-refractivity contribution in [1.29, 1.82) is 0 Å². The molecule has 4 heteroatoms. The Labute approximate surface area is 65.8 Å². The SMILES string of the molecule is [AlH3].[Ga+3].[MgH2].[N-3]. The standard InChI is InChI=1S/Al.Ga.Mg.N.5H/q;+3;;-3;;;;;. The molecule has 0 heterocycles. The summed E-state index contributed by atoms with van der Waals surface area (Å²) in [6, 6.07) is 0. The summed E-state index contributed by atoms with van der Waals surface area (Å²) in [6.45, 7) is 0. The van der Waals surface area contributed by atoms with E-state index < -0.39 is 0 Å². The van der Waals surface area contributed by atoms with Crippen LogP contribution in [0.5, 0.6) is 0 Å². The first-order chi connectivity index (χ1) is 0. The molecule has 0 aromatic heterocycles. The van der Waals surface area contributed by atoms with Crippen LogP contribution in [0.4, 0.5) is 0 Å². The van der Waals surface area contributed by atoms with E-state index in [1.807, 2.05) is 0 Å².